The maximum absolute atomic E-state index is 13.2. The summed E-state index contributed by atoms with van der Waals surface area (Å²) in [6, 6.07) is 5.99. The number of aryl methyl sites for hydroxylation is 2. The lowest BCUT2D eigenvalue weighted by Gasteiger charge is -2.20. The molecule has 1 aliphatic rings. The fourth-order valence-corrected chi connectivity index (χ4v) is 8.13. The van der Waals surface area contributed by atoms with Crippen molar-refractivity contribution in [2.24, 2.45) is 4.99 Å². The first-order chi connectivity index (χ1) is 15.6. The number of ether oxygens (including phenoxy) is 1. The van der Waals surface area contributed by atoms with Crippen LogP contribution in [0.3, 0.4) is 0 Å². The van der Waals surface area contributed by atoms with Crippen LogP contribution in [-0.4, -0.2) is 48.9 Å². The quantitative estimate of drug-likeness (QED) is 0.473. The molecule has 0 spiro atoms. The number of hydrogen-bond acceptors (Lipinski definition) is 7. The number of fused-ring (bicyclic) bond motifs is 1. The molecule has 0 bridgehead atoms. The van der Waals surface area contributed by atoms with Crippen LogP contribution in [0.1, 0.15) is 24.0 Å². The molecule has 12 heteroatoms. The smallest absolute Gasteiger partial charge is 0.325 e. The summed E-state index contributed by atoms with van der Waals surface area (Å²) in [5, 5.41) is 0. The standard InChI is InChI=1S/C21H22ClN3O5S3/c1-12-9-15-16(10-13(12)2)31-21(24(15)11-18(26)30-3)23-20(27)14-5-4-8-25(14)33(28,29)19-7-6-17(22)32-19/h6-7,9-10,14H,4-5,8,11H2,1-3H3. The zero-order valence-corrected chi connectivity index (χ0v) is 21.4. The van der Waals surface area contributed by atoms with Gasteiger partial charge in [0.2, 0.25) is 0 Å². The highest BCUT2D eigenvalue weighted by Gasteiger charge is 2.40. The van der Waals surface area contributed by atoms with E-state index >= 15 is 0 Å². The van der Waals surface area contributed by atoms with E-state index in [1.54, 1.807) is 4.57 Å². The number of halogens is 1. The van der Waals surface area contributed by atoms with Crippen molar-refractivity contribution in [2.75, 3.05) is 13.7 Å². The summed E-state index contributed by atoms with van der Waals surface area (Å²) in [6.45, 7) is 4.08. The van der Waals surface area contributed by atoms with Gasteiger partial charge in [-0.05, 0) is 62.1 Å². The molecule has 4 rings (SSSR count). The van der Waals surface area contributed by atoms with E-state index in [9.17, 15) is 18.0 Å². The Kier molecular flexibility index (Phi) is 6.79. The molecule has 33 heavy (non-hydrogen) atoms. The maximum atomic E-state index is 13.2. The Morgan fingerprint density at radius 2 is 1.94 bits per heavy atom. The van der Waals surface area contributed by atoms with E-state index in [2.05, 4.69) is 4.99 Å². The summed E-state index contributed by atoms with van der Waals surface area (Å²) in [6.07, 6.45) is 0.929. The van der Waals surface area contributed by atoms with Crippen LogP contribution in [0.25, 0.3) is 10.2 Å². The van der Waals surface area contributed by atoms with Crippen LogP contribution in [0.2, 0.25) is 4.34 Å². The predicted octanol–water partition coefficient (Wildman–Crippen LogP) is 3.49. The lowest BCUT2D eigenvalue weighted by atomic mass is 10.1. The van der Waals surface area contributed by atoms with Gasteiger partial charge < -0.3 is 9.30 Å². The zero-order chi connectivity index (χ0) is 23.9. The first-order valence-corrected chi connectivity index (χ1v) is 13.6. The third kappa shape index (κ3) is 4.65. The van der Waals surface area contributed by atoms with Crippen LogP contribution in [0, 0.1) is 13.8 Å². The summed E-state index contributed by atoms with van der Waals surface area (Å²) >= 11 is 8.16. The highest BCUT2D eigenvalue weighted by Crippen LogP contribution is 2.32. The molecular formula is C21H22ClN3O5S3. The van der Waals surface area contributed by atoms with Crippen molar-refractivity contribution in [3.05, 3.63) is 44.5 Å². The highest BCUT2D eigenvalue weighted by molar-refractivity contribution is 7.91. The van der Waals surface area contributed by atoms with Crippen molar-refractivity contribution in [1.82, 2.24) is 8.87 Å². The minimum absolute atomic E-state index is 0.0979. The second-order valence-electron chi connectivity index (χ2n) is 7.73. The molecule has 1 aliphatic heterocycles. The molecule has 3 heterocycles. The van der Waals surface area contributed by atoms with E-state index in [1.165, 1.54) is 34.9 Å². The number of rotatable bonds is 5. The zero-order valence-electron chi connectivity index (χ0n) is 18.2. The molecule has 1 aromatic carbocycles. The van der Waals surface area contributed by atoms with Crippen LogP contribution in [-0.2, 0) is 30.9 Å². The molecular weight excluding hydrogens is 506 g/mol. The maximum Gasteiger partial charge on any atom is 0.325 e. The van der Waals surface area contributed by atoms with Gasteiger partial charge in [0.05, 0.1) is 21.7 Å². The number of methoxy groups -OCH3 is 1. The Bertz CT molecular complexity index is 1420. The number of nitrogens with zero attached hydrogens (tertiary/aromatic N) is 3. The summed E-state index contributed by atoms with van der Waals surface area (Å²) < 4.78 is 35.2. The van der Waals surface area contributed by atoms with Crippen molar-refractivity contribution in [3.63, 3.8) is 0 Å². The normalized spacial score (nSPS) is 17.7. The van der Waals surface area contributed by atoms with E-state index < -0.39 is 27.9 Å². The minimum atomic E-state index is -3.86. The summed E-state index contributed by atoms with van der Waals surface area (Å²) in [4.78, 5) is 29.9. The van der Waals surface area contributed by atoms with Gasteiger partial charge in [-0.2, -0.15) is 9.30 Å². The van der Waals surface area contributed by atoms with E-state index in [-0.39, 0.29) is 17.3 Å². The number of thiophene rings is 1. The van der Waals surface area contributed by atoms with E-state index in [1.807, 2.05) is 26.0 Å². The Hall–Kier alpha value is -2.05. The van der Waals surface area contributed by atoms with Gasteiger partial charge in [-0.3, -0.25) is 9.59 Å². The lowest BCUT2D eigenvalue weighted by Crippen LogP contribution is -2.40. The molecule has 0 radical (unpaired) electrons. The van der Waals surface area contributed by atoms with E-state index in [4.69, 9.17) is 16.3 Å². The lowest BCUT2D eigenvalue weighted by molar-refractivity contribution is -0.141. The van der Waals surface area contributed by atoms with Gasteiger partial charge in [-0.25, -0.2) is 8.42 Å². The number of amides is 1. The van der Waals surface area contributed by atoms with Gasteiger partial charge in [0.15, 0.2) is 4.80 Å². The number of hydrogen-bond donors (Lipinski definition) is 0. The number of carbonyl (C=O) groups excluding carboxylic acids is 2. The summed E-state index contributed by atoms with van der Waals surface area (Å²) in [5.41, 5.74) is 2.89. The van der Waals surface area contributed by atoms with E-state index in [0.717, 1.165) is 32.7 Å². The number of aromatic nitrogens is 1. The molecule has 176 valence electrons. The predicted molar refractivity (Wildman–Crippen MR) is 128 cm³/mol. The number of carbonyl (C=O) groups is 2. The van der Waals surface area contributed by atoms with Gasteiger partial charge in [0.25, 0.3) is 15.9 Å². The van der Waals surface area contributed by atoms with Crippen molar-refractivity contribution in [1.29, 1.82) is 0 Å². The van der Waals surface area contributed by atoms with Crippen molar-refractivity contribution in [2.45, 2.75) is 43.5 Å². The molecule has 1 atom stereocenters. The van der Waals surface area contributed by atoms with Crippen molar-refractivity contribution < 1.29 is 22.7 Å². The Balaban J connectivity index is 1.76. The Labute approximate surface area is 204 Å². The average Bonchev–Trinajstić information content (AvgIpc) is 3.49. The van der Waals surface area contributed by atoms with Crippen LogP contribution < -0.4 is 4.80 Å². The number of esters is 1. The van der Waals surface area contributed by atoms with Gasteiger partial charge in [-0.1, -0.05) is 22.9 Å². The number of thiazole rings is 1. The minimum Gasteiger partial charge on any atom is -0.468 e. The van der Waals surface area contributed by atoms with Crippen molar-refractivity contribution >= 4 is 66.4 Å². The SMILES string of the molecule is COC(=O)Cn1c(=NC(=O)C2CCCN2S(=O)(=O)c2ccc(Cl)s2)sc2cc(C)c(C)cc21. The molecule has 2 aromatic heterocycles. The first kappa shape index (κ1) is 24.1. The van der Waals surface area contributed by atoms with Crippen LogP contribution >= 0.6 is 34.3 Å². The molecule has 1 fully saturated rings. The second kappa shape index (κ2) is 9.30. The van der Waals surface area contributed by atoms with Gasteiger partial charge in [0, 0.05) is 6.54 Å². The Morgan fingerprint density at radius 1 is 1.21 bits per heavy atom. The van der Waals surface area contributed by atoms with Gasteiger partial charge >= 0.3 is 5.97 Å². The third-order valence-corrected chi connectivity index (χ3v) is 10.3. The summed E-state index contributed by atoms with van der Waals surface area (Å²) in [5.74, 6) is -1.03. The fourth-order valence-electron chi connectivity index (χ4n) is 3.75. The molecule has 3 aromatic rings. The fraction of sp³-hybridized carbons (Fsp3) is 0.381. The molecule has 1 amide bonds. The third-order valence-electron chi connectivity index (χ3n) is 5.62. The van der Waals surface area contributed by atoms with Crippen LogP contribution in [0.4, 0.5) is 0 Å². The number of benzene rings is 1. The van der Waals surface area contributed by atoms with E-state index in [0.29, 0.717) is 22.0 Å². The van der Waals surface area contributed by atoms with Gasteiger partial charge in [-0.15, -0.1) is 11.3 Å². The first-order valence-electron chi connectivity index (χ1n) is 10.1. The molecule has 0 N–H and O–H groups in total. The second-order valence-corrected chi connectivity index (χ2v) is 12.6. The van der Waals surface area contributed by atoms with Crippen LogP contribution in [0.5, 0.6) is 0 Å². The van der Waals surface area contributed by atoms with Crippen molar-refractivity contribution in [3.8, 4) is 0 Å². The topological polar surface area (TPSA) is 98.0 Å². The number of sulfonamides is 1. The highest BCUT2D eigenvalue weighted by atomic mass is 35.5. The molecule has 1 saturated heterocycles. The van der Waals surface area contributed by atoms with Crippen LogP contribution in [0.15, 0.2) is 33.5 Å². The largest absolute Gasteiger partial charge is 0.468 e. The molecule has 8 nitrogen and oxygen atoms in total. The molecule has 0 aliphatic carbocycles. The monoisotopic (exact) mass is 527 g/mol. The average molecular weight is 528 g/mol. The molecule has 0 saturated carbocycles. The van der Waals surface area contributed by atoms with Gasteiger partial charge in [0.1, 0.15) is 16.8 Å². The molecule has 1 unspecified atom stereocenters. The Morgan fingerprint density at radius 3 is 2.61 bits per heavy atom. The summed E-state index contributed by atoms with van der Waals surface area (Å²) in [7, 11) is -2.57.